The lowest BCUT2D eigenvalue weighted by molar-refractivity contribution is -0.135. The smallest absolute Gasteiger partial charge is 0.223 e. The van der Waals surface area contributed by atoms with Crippen LogP contribution in [0.2, 0.25) is 0 Å². The first-order valence-electron chi connectivity index (χ1n) is 8.81. The van der Waals surface area contributed by atoms with Crippen LogP contribution in [0.1, 0.15) is 71.1 Å². The molecule has 1 aliphatic carbocycles. The molecule has 3 fully saturated rings. The molecule has 20 heavy (non-hydrogen) atoms. The van der Waals surface area contributed by atoms with E-state index in [2.05, 4.69) is 17.1 Å². The average molecular weight is 278 g/mol. The summed E-state index contributed by atoms with van der Waals surface area (Å²) in [6.07, 6.45) is 12.4. The van der Waals surface area contributed by atoms with Crippen LogP contribution >= 0.6 is 0 Å². The van der Waals surface area contributed by atoms with Gasteiger partial charge in [-0.2, -0.15) is 0 Å². The summed E-state index contributed by atoms with van der Waals surface area (Å²) in [5, 5.41) is 3.68. The maximum Gasteiger partial charge on any atom is 0.223 e. The summed E-state index contributed by atoms with van der Waals surface area (Å²) in [7, 11) is 0. The van der Waals surface area contributed by atoms with Crippen molar-refractivity contribution in [1.82, 2.24) is 10.2 Å². The van der Waals surface area contributed by atoms with E-state index in [0.717, 1.165) is 13.0 Å². The number of nitrogens with zero attached hydrogens (tertiary/aromatic N) is 1. The second kappa shape index (κ2) is 6.46. The van der Waals surface area contributed by atoms with Crippen LogP contribution < -0.4 is 5.32 Å². The van der Waals surface area contributed by atoms with E-state index in [1.54, 1.807) is 0 Å². The highest BCUT2D eigenvalue weighted by molar-refractivity contribution is 5.76. The fourth-order valence-electron chi connectivity index (χ4n) is 4.68. The van der Waals surface area contributed by atoms with Crippen LogP contribution in [0.3, 0.4) is 0 Å². The van der Waals surface area contributed by atoms with Gasteiger partial charge < -0.3 is 10.2 Å². The third kappa shape index (κ3) is 3.19. The number of hydrogen-bond acceptors (Lipinski definition) is 2. The molecule has 114 valence electrons. The van der Waals surface area contributed by atoms with E-state index >= 15 is 0 Å². The summed E-state index contributed by atoms with van der Waals surface area (Å²) < 4.78 is 0. The van der Waals surface area contributed by atoms with Gasteiger partial charge in [0.15, 0.2) is 0 Å². The minimum absolute atomic E-state index is 0.436. The lowest BCUT2D eigenvalue weighted by Gasteiger charge is -2.38. The Morgan fingerprint density at radius 2 is 1.70 bits per heavy atom. The molecular weight excluding hydrogens is 248 g/mol. The molecule has 1 N–H and O–H groups in total. The van der Waals surface area contributed by atoms with Gasteiger partial charge in [0, 0.05) is 31.1 Å². The maximum atomic E-state index is 12.7. The largest absolute Gasteiger partial charge is 0.340 e. The molecule has 2 unspecified atom stereocenters. The van der Waals surface area contributed by atoms with E-state index in [1.807, 2.05) is 0 Å². The minimum atomic E-state index is 0.436. The minimum Gasteiger partial charge on any atom is -0.340 e. The molecule has 0 spiro atoms. The molecular formula is C17H30N2O. The van der Waals surface area contributed by atoms with Crippen LogP contribution in [-0.2, 0) is 4.79 Å². The van der Waals surface area contributed by atoms with Crippen LogP contribution in [0.5, 0.6) is 0 Å². The van der Waals surface area contributed by atoms with Crippen molar-refractivity contribution in [1.29, 1.82) is 0 Å². The molecule has 0 aromatic rings. The van der Waals surface area contributed by atoms with Gasteiger partial charge in [0.2, 0.25) is 5.91 Å². The monoisotopic (exact) mass is 278 g/mol. The SMILES string of the molecule is CCN(C(=O)CC1CCCCC1)C1CC2CCC(C1)N2. The molecule has 3 heteroatoms. The summed E-state index contributed by atoms with van der Waals surface area (Å²) in [5.74, 6) is 1.11. The van der Waals surface area contributed by atoms with Crippen molar-refractivity contribution in [2.75, 3.05) is 6.54 Å². The summed E-state index contributed by atoms with van der Waals surface area (Å²) in [5.41, 5.74) is 0. The molecule has 3 rings (SSSR count). The van der Waals surface area contributed by atoms with E-state index in [9.17, 15) is 4.79 Å². The van der Waals surface area contributed by atoms with Crippen molar-refractivity contribution in [3.63, 3.8) is 0 Å². The summed E-state index contributed by atoms with van der Waals surface area (Å²) >= 11 is 0. The van der Waals surface area contributed by atoms with Crippen molar-refractivity contribution in [3.8, 4) is 0 Å². The fraction of sp³-hybridized carbons (Fsp3) is 0.941. The molecule has 2 saturated heterocycles. The van der Waals surface area contributed by atoms with Gasteiger partial charge >= 0.3 is 0 Å². The topological polar surface area (TPSA) is 32.3 Å². The predicted octanol–water partition coefficient (Wildman–Crippen LogP) is 3.09. The summed E-state index contributed by atoms with van der Waals surface area (Å²) in [6.45, 7) is 3.05. The maximum absolute atomic E-state index is 12.7. The second-order valence-corrected chi connectivity index (χ2v) is 7.15. The quantitative estimate of drug-likeness (QED) is 0.857. The zero-order valence-electron chi connectivity index (χ0n) is 12.9. The Balaban J connectivity index is 1.56. The molecule has 1 amide bonds. The molecule has 2 aliphatic heterocycles. The number of fused-ring (bicyclic) bond motifs is 2. The van der Waals surface area contributed by atoms with E-state index in [4.69, 9.17) is 0 Å². The van der Waals surface area contributed by atoms with E-state index in [0.29, 0.717) is 30.0 Å². The number of hydrogen-bond donors (Lipinski definition) is 1. The summed E-state index contributed by atoms with van der Waals surface area (Å²) in [4.78, 5) is 14.9. The van der Waals surface area contributed by atoms with Gasteiger partial charge in [-0.3, -0.25) is 4.79 Å². The van der Waals surface area contributed by atoms with Crippen LogP contribution in [0.15, 0.2) is 0 Å². The van der Waals surface area contributed by atoms with Gasteiger partial charge in [-0.05, 0) is 51.4 Å². The number of rotatable bonds is 4. The molecule has 2 heterocycles. The first kappa shape index (κ1) is 14.4. The van der Waals surface area contributed by atoms with Gasteiger partial charge in [-0.1, -0.05) is 19.3 Å². The highest BCUT2D eigenvalue weighted by Gasteiger charge is 2.37. The second-order valence-electron chi connectivity index (χ2n) is 7.15. The number of nitrogens with one attached hydrogen (secondary N) is 1. The predicted molar refractivity (Wildman–Crippen MR) is 81.5 cm³/mol. The number of amides is 1. The lowest BCUT2D eigenvalue weighted by Crippen LogP contribution is -2.50. The average Bonchev–Trinajstić information content (AvgIpc) is 2.80. The number of carbonyl (C=O) groups excluding carboxylic acids is 1. The lowest BCUT2D eigenvalue weighted by atomic mass is 9.86. The highest BCUT2D eigenvalue weighted by Crippen LogP contribution is 2.31. The van der Waals surface area contributed by atoms with Gasteiger partial charge in [-0.15, -0.1) is 0 Å². The van der Waals surface area contributed by atoms with Crippen molar-refractivity contribution in [3.05, 3.63) is 0 Å². The first-order chi connectivity index (χ1) is 9.76. The molecule has 0 radical (unpaired) electrons. The standard InChI is InChI=1S/C17H30N2O/c1-2-19(16-11-14-8-9-15(12-16)18-14)17(20)10-13-6-4-3-5-7-13/h13-16,18H,2-12H2,1H3. The Bertz CT molecular complexity index is 326. The molecule has 2 atom stereocenters. The van der Waals surface area contributed by atoms with Gasteiger partial charge in [0.1, 0.15) is 0 Å². The van der Waals surface area contributed by atoms with Crippen molar-refractivity contribution < 1.29 is 4.79 Å². The van der Waals surface area contributed by atoms with Crippen LogP contribution in [0.4, 0.5) is 0 Å². The third-order valence-corrected chi connectivity index (χ3v) is 5.74. The molecule has 3 nitrogen and oxygen atoms in total. The van der Waals surface area contributed by atoms with Crippen LogP contribution in [-0.4, -0.2) is 35.5 Å². The summed E-state index contributed by atoms with van der Waals surface area (Å²) in [6, 6.07) is 1.86. The van der Waals surface area contributed by atoms with E-state index < -0.39 is 0 Å². The van der Waals surface area contributed by atoms with Crippen molar-refractivity contribution in [2.24, 2.45) is 5.92 Å². The Morgan fingerprint density at radius 3 is 2.30 bits per heavy atom. The van der Waals surface area contributed by atoms with Crippen molar-refractivity contribution in [2.45, 2.75) is 89.3 Å². The molecule has 2 bridgehead atoms. The van der Waals surface area contributed by atoms with Crippen LogP contribution in [0, 0.1) is 5.92 Å². The third-order valence-electron chi connectivity index (χ3n) is 5.74. The number of carbonyl (C=O) groups is 1. The van der Waals surface area contributed by atoms with Gasteiger partial charge in [0.25, 0.3) is 0 Å². The Labute approximate surface area is 123 Å². The van der Waals surface area contributed by atoms with E-state index in [1.165, 1.54) is 57.8 Å². The fourth-order valence-corrected chi connectivity index (χ4v) is 4.68. The molecule has 0 aromatic carbocycles. The van der Waals surface area contributed by atoms with Crippen molar-refractivity contribution >= 4 is 5.91 Å². The zero-order valence-corrected chi connectivity index (χ0v) is 12.9. The Kier molecular flexibility index (Phi) is 4.65. The normalized spacial score (nSPS) is 34.1. The zero-order chi connectivity index (χ0) is 13.9. The Hall–Kier alpha value is -0.570. The molecule has 0 aromatic heterocycles. The highest BCUT2D eigenvalue weighted by atomic mass is 16.2. The Morgan fingerprint density at radius 1 is 1.05 bits per heavy atom. The van der Waals surface area contributed by atoms with Crippen LogP contribution in [0.25, 0.3) is 0 Å². The van der Waals surface area contributed by atoms with Gasteiger partial charge in [-0.25, -0.2) is 0 Å². The first-order valence-corrected chi connectivity index (χ1v) is 8.81. The number of piperidine rings is 1. The molecule has 1 saturated carbocycles. The van der Waals surface area contributed by atoms with Gasteiger partial charge in [0.05, 0.1) is 0 Å². The molecule has 3 aliphatic rings. The van der Waals surface area contributed by atoms with E-state index in [-0.39, 0.29) is 0 Å².